The number of amides is 2. The first-order chi connectivity index (χ1) is 11.7. The molecule has 25 heavy (non-hydrogen) atoms. The second kappa shape index (κ2) is 7.37. The van der Waals surface area contributed by atoms with Gasteiger partial charge in [0.2, 0.25) is 5.91 Å². The van der Waals surface area contributed by atoms with Crippen molar-refractivity contribution in [1.82, 2.24) is 0 Å². The van der Waals surface area contributed by atoms with E-state index in [1.165, 1.54) is 24.3 Å². The van der Waals surface area contributed by atoms with Crippen molar-refractivity contribution in [3.8, 4) is 5.75 Å². The van der Waals surface area contributed by atoms with Crippen LogP contribution in [0.4, 0.5) is 11.4 Å². The van der Waals surface area contributed by atoms with Gasteiger partial charge in [0.25, 0.3) is 11.6 Å². The molecular formula is C15H11Cl2N3O5. The van der Waals surface area contributed by atoms with Crippen LogP contribution in [0.5, 0.6) is 5.75 Å². The molecule has 0 unspecified atom stereocenters. The average Bonchev–Trinajstić information content (AvgIpc) is 2.52. The molecule has 0 fully saturated rings. The van der Waals surface area contributed by atoms with Crippen molar-refractivity contribution in [2.45, 2.75) is 6.42 Å². The number of anilines is 1. The van der Waals surface area contributed by atoms with Gasteiger partial charge in [0.1, 0.15) is 5.75 Å². The minimum atomic E-state index is -0.889. The second-order valence-corrected chi connectivity index (χ2v) is 5.82. The van der Waals surface area contributed by atoms with E-state index >= 15 is 0 Å². The van der Waals surface area contributed by atoms with Crippen molar-refractivity contribution in [3.05, 3.63) is 61.6 Å². The number of aromatic hydroxyl groups is 1. The standard InChI is InChI=1S/C15H11Cl2N3O5/c16-8-3-7(14(22)10(5-8)15(18)23)4-13(21)19-12-2-1-9(20(24)25)6-11(12)17/h1-3,5-6,22H,4H2,(H2,18,23)(H,19,21). The molecule has 0 bridgehead atoms. The van der Waals surface area contributed by atoms with E-state index in [1.807, 2.05) is 0 Å². The van der Waals surface area contributed by atoms with Gasteiger partial charge in [0.05, 0.1) is 27.6 Å². The normalized spacial score (nSPS) is 10.3. The number of halogens is 2. The summed E-state index contributed by atoms with van der Waals surface area (Å²) >= 11 is 11.7. The van der Waals surface area contributed by atoms with Crippen molar-refractivity contribution in [2.24, 2.45) is 5.73 Å². The largest absolute Gasteiger partial charge is 0.507 e. The lowest BCUT2D eigenvalue weighted by molar-refractivity contribution is -0.384. The lowest BCUT2D eigenvalue weighted by atomic mass is 10.0. The first-order valence-electron chi connectivity index (χ1n) is 6.74. The Morgan fingerprint density at radius 1 is 1.24 bits per heavy atom. The molecule has 2 rings (SSSR count). The minimum Gasteiger partial charge on any atom is -0.507 e. The number of benzene rings is 2. The zero-order valence-electron chi connectivity index (χ0n) is 12.5. The van der Waals surface area contributed by atoms with Gasteiger partial charge in [0, 0.05) is 22.7 Å². The molecule has 0 heterocycles. The number of phenols is 1. The molecule has 0 radical (unpaired) electrons. The summed E-state index contributed by atoms with van der Waals surface area (Å²) in [4.78, 5) is 33.4. The molecule has 4 N–H and O–H groups in total. The molecule has 2 aromatic rings. The van der Waals surface area contributed by atoms with E-state index in [4.69, 9.17) is 28.9 Å². The van der Waals surface area contributed by atoms with E-state index in [0.29, 0.717) is 0 Å². The number of rotatable bonds is 5. The highest BCUT2D eigenvalue weighted by Crippen LogP contribution is 2.29. The Kier molecular flexibility index (Phi) is 5.45. The van der Waals surface area contributed by atoms with Crippen LogP contribution in [0, 0.1) is 10.1 Å². The monoisotopic (exact) mass is 383 g/mol. The summed E-state index contributed by atoms with van der Waals surface area (Å²) in [5.41, 5.74) is 4.96. The minimum absolute atomic E-state index is 0.0179. The van der Waals surface area contributed by atoms with Crippen molar-refractivity contribution in [3.63, 3.8) is 0 Å². The van der Waals surface area contributed by atoms with Crippen molar-refractivity contribution in [1.29, 1.82) is 0 Å². The molecule has 2 amide bonds. The number of hydrogen-bond acceptors (Lipinski definition) is 5. The van der Waals surface area contributed by atoms with E-state index in [-0.39, 0.29) is 39.0 Å². The summed E-state index contributed by atoms with van der Waals surface area (Å²) in [6, 6.07) is 6.07. The Balaban J connectivity index is 2.21. The van der Waals surface area contributed by atoms with E-state index in [9.17, 15) is 24.8 Å². The predicted octanol–water partition coefficient (Wildman–Crippen LogP) is 2.89. The summed E-state index contributed by atoms with van der Waals surface area (Å²) in [7, 11) is 0. The smallest absolute Gasteiger partial charge is 0.271 e. The van der Waals surface area contributed by atoms with Crippen LogP contribution in [0.2, 0.25) is 10.0 Å². The molecule has 0 aliphatic carbocycles. The van der Waals surface area contributed by atoms with Crippen molar-refractivity contribution in [2.75, 3.05) is 5.32 Å². The Hall–Kier alpha value is -2.84. The lowest BCUT2D eigenvalue weighted by Gasteiger charge is -2.10. The number of nitrogens with zero attached hydrogens (tertiary/aromatic N) is 1. The van der Waals surface area contributed by atoms with Gasteiger partial charge >= 0.3 is 0 Å². The molecule has 0 aromatic heterocycles. The maximum Gasteiger partial charge on any atom is 0.271 e. The Morgan fingerprint density at radius 2 is 1.92 bits per heavy atom. The zero-order valence-corrected chi connectivity index (χ0v) is 14.0. The number of nitrogens with two attached hydrogens (primary N) is 1. The van der Waals surface area contributed by atoms with Crippen LogP contribution in [0.25, 0.3) is 0 Å². The maximum atomic E-state index is 12.1. The van der Waals surface area contributed by atoms with Crippen LogP contribution in [0.15, 0.2) is 30.3 Å². The van der Waals surface area contributed by atoms with Crippen LogP contribution >= 0.6 is 23.2 Å². The number of carbonyl (C=O) groups excluding carboxylic acids is 2. The van der Waals surface area contributed by atoms with Crippen LogP contribution < -0.4 is 11.1 Å². The van der Waals surface area contributed by atoms with Crippen LogP contribution in [-0.2, 0) is 11.2 Å². The van der Waals surface area contributed by atoms with E-state index in [2.05, 4.69) is 5.32 Å². The second-order valence-electron chi connectivity index (χ2n) is 4.97. The average molecular weight is 384 g/mol. The summed E-state index contributed by atoms with van der Waals surface area (Å²) in [6.45, 7) is 0. The highest BCUT2D eigenvalue weighted by Gasteiger charge is 2.17. The van der Waals surface area contributed by atoms with Crippen molar-refractivity contribution >= 4 is 46.4 Å². The number of primary amides is 1. The Morgan fingerprint density at radius 3 is 2.48 bits per heavy atom. The molecule has 0 atom stereocenters. The number of nitrogens with one attached hydrogen (secondary N) is 1. The maximum absolute atomic E-state index is 12.1. The lowest BCUT2D eigenvalue weighted by Crippen LogP contribution is -2.16. The summed E-state index contributed by atoms with van der Waals surface area (Å²) < 4.78 is 0. The molecule has 0 saturated heterocycles. The van der Waals surface area contributed by atoms with E-state index in [0.717, 1.165) is 6.07 Å². The molecular weight excluding hydrogens is 373 g/mol. The number of carbonyl (C=O) groups is 2. The molecule has 0 aliphatic heterocycles. The van der Waals surface area contributed by atoms with Gasteiger partial charge in [-0.25, -0.2) is 0 Å². The van der Waals surface area contributed by atoms with Gasteiger partial charge in [-0.2, -0.15) is 0 Å². The van der Waals surface area contributed by atoms with E-state index < -0.39 is 22.5 Å². The molecule has 0 aliphatic rings. The summed E-state index contributed by atoms with van der Waals surface area (Å²) in [5, 5.41) is 23.2. The van der Waals surface area contributed by atoms with Gasteiger partial charge in [-0.3, -0.25) is 19.7 Å². The van der Waals surface area contributed by atoms with Crippen molar-refractivity contribution < 1.29 is 19.6 Å². The van der Waals surface area contributed by atoms with Gasteiger partial charge in [0.15, 0.2) is 0 Å². The van der Waals surface area contributed by atoms with Gasteiger partial charge in [-0.1, -0.05) is 23.2 Å². The van der Waals surface area contributed by atoms with E-state index in [1.54, 1.807) is 0 Å². The number of hydrogen-bond donors (Lipinski definition) is 3. The van der Waals surface area contributed by atoms with Gasteiger partial charge < -0.3 is 16.2 Å². The Labute approximate surface area is 151 Å². The summed E-state index contributed by atoms with van der Waals surface area (Å²) in [6.07, 6.45) is -0.319. The highest BCUT2D eigenvalue weighted by molar-refractivity contribution is 6.34. The third-order valence-corrected chi connectivity index (χ3v) is 3.74. The molecule has 2 aromatic carbocycles. The first-order valence-corrected chi connectivity index (χ1v) is 7.49. The fraction of sp³-hybridized carbons (Fsp3) is 0.0667. The molecule has 0 saturated carbocycles. The van der Waals surface area contributed by atoms with Crippen LogP contribution in [0.1, 0.15) is 15.9 Å². The number of nitro benzene ring substituents is 1. The first kappa shape index (κ1) is 18.5. The molecule has 8 nitrogen and oxygen atoms in total. The molecule has 10 heteroatoms. The Bertz CT molecular complexity index is 886. The summed E-state index contributed by atoms with van der Waals surface area (Å²) in [5.74, 6) is -1.91. The fourth-order valence-corrected chi connectivity index (χ4v) is 2.53. The van der Waals surface area contributed by atoms with Gasteiger partial charge in [-0.05, 0) is 18.2 Å². The van der Waals surface area contributed by atoms with Gasteiger partial charge in [-0.15, -0.1) is 0 Å². The predicted molar refractivity (Wildman–Crippen MR) is 92.1 cm³/mol. The topological polar surface area (TPSA) is 136 Å². The fourth-order valence-electron chi connectivity index (χ4n) is 2.06. The number of nitro groups is 1. The highest BCUT2D eigenvalue weighted by atomic mass is 35.5. The number of non-ortho nitro benzene ring substituents is 1. The quantitative estimate of drug-likeness (QED) is 0.538. The SMILES string of the molecule is NC(=O)c1cc(Cl)cc(CC(=O)Nc2ccc([N+](=O)[O-])cc2Cl)c1O. The van der Waals surface area contributed by atoms with Crippen LogP contribution in [0.3, 0.4) is 0 Å². The van der Waals surface area contributed by atoms with Crippen LogP contribution in [-0.4, -0.2) is 21.8 Å². The third kappa shape index (κ3) is 4.37. The molecule has 0 spiro atoms. The molecule has 130 valence electrons. The zero-order chi connectivity index (χ0) is 18.7. The third-order valence-electron chi connectivity index (χ3n) is 3.21.